The van der Waals surface area contributed by atoms with Gasteiger partial charge >= 0.3 is 6.18 Å². The number of alkyl halides is 3. The summed E-state index contributed by atoms with van der Waals surface area (Å²) in [4.78, 5) is 1.12. The Balaban J connectivity index is 2.02. The monoisotopic (exact) mass is 348 g/mol. The van der Waals surface area contributed by atoms with Gasteiger partial charge in [0.15, 0.2) is 0 Å². The first-order valence-electron chi connectivity index (χ1n) is 7.68. The van der Waals surface area contributed by atoms with Crippen LogP contribution in [0.4, 0.5) is 18.9 Å². The van der Waals surface area contributed by atoms with Crippen LogP contribution in [-0.2, 0) is 16.2 Å². The Hall–Kier alpha value is -1.28. The molecule has 0 spiro atoms. The van der Waals surface area contributed by atoms with Gasteiger partial charge in [0.2, 0.25) is 10.0 Å². The molecule has 1 aromatic rings. The van der Waals surface area contributed by atoms with Gasteiger partial charge in [-0.05, 0) is 43.4 Å². The molecule has 1 aliphatic carbocycles. The predicted octanol–water partition coefficient (Wildman–Crippen LogP) is 3.12. The molecule has 1 saturated carbocycles. The SMILES string of the molecule is NS(=O)(=O)c1ccc(N2CC[C@H]3CCCC[C@@H]32)cc1C(F)(F)F. The summed E-state index contributed by atoms with van der Waals surface area (Å²) in [5.41, 5.74) is -0.754. The molecule has 128 valence electrons. The van der Waals surface area contributed by atoms with Crippen molar-refractivity contribution in [1.82, 2.24) is 0 Å². The number of nitrogens with two attached hydrogens (primary N) is 1. The number of anilines is 1. The van der Waals surface area contributed by atoms with Crippen LogP contribution in [0.1, 0.15) is 37.7 Å². The average molecular weight is 348 g/mol. The maximum absolute atomic E-state index is 13.2. The van der Waals surface area contributed by atoms with Crippen LogP contribution < -0.4 is 10.0 Å². The van der Waals surface area contributed by atoms with Crippen molar-refractivity contribution in [3.63, 3.8) is 0 Å². The van der Waals surface area contributed by atoms with Crippen molar-refractivity contribution in [2.45, 2.75) is 49.2 Å². The van der Waals surface area contributed by atoms with Gasteiger partial charge in [-0.2, -0.15) is 13.2 Å². The lowest BCUT2D eigenvalue weighted by Gasteiger charge is -2.33. The molecule has 1 saturated heterocycles. The van der Waals surface area contributed by atoms with Crippen molar-refractivity contribution in [3.8, 4) is 0 Å². The second-order valence-corrected chi connectivity index (χ2v) is 7.85. The van der Waals surface area contributed by atoms with Gasteiger partial charge in [0.25, 0.3) is 0 Å². The van der Waals surface area contributed by atoms with Gasteiger partial charge in [0.05, 0.1) is 10.5 Å². The fourth-order valence-corrected chi connectivity index (χ4v) is 4.63. The lowest BCUT2D eigenvalue weighted by atomic mass is 9.85. The third kappa shape index (κ3) is 3.19. The number of benzene rings is 1. The fourth-order valence-electron chi connectivity index (χ4n) is 3.89. The summed E-state index contributed by atoms with van der Waals surface area (Å²) in [6.45, 7) is 0.710. The quantitative estimate of drug-likeness (QED) is 0.893. The number of hydrogen-bond donors (Lipinski definition) is 1. The van der Waals surface area contributed by atoms with Gasteiger partial charge in [0.1, 0.15) is 0 Å². The maximum Gasteiger partial charge on any atom is 0.417 e. The Labute approximate surface area is 133 Å². The first kappa shape index (κ1) is 16.6. The van der Waals surface area contributed by atoms with E-state index >= 15 is 0 Å². The van der Waals surface area contributed by atoms with Crippen molar-refractivity contribution >= 4 is 15.7 Å². The fraction of sp³-hybridized carbons (Fsp3) is 0.600. The van der Waals surface area contributed by atoms with E-state index in [0.29, 0.717) is 18.2 Å². The summed E-state index contributed by atoms with van der Waals surface area (Å²) in [5.74, 6) is 0.524. The second-order valence-electron chi connectivity index (χ2n) is 6.32. The summed E-state index contributed by atoms with van der Waals surface area (Å²) < 4.78 is 62.6. The van der Waals surface area contributed by atoms with Crippen LogP contribution in [0.3, 0.4) is 0 Å². The molecule has 0 radical (unpaired) electrons. The van der Waals surface area contributed by atoms with Gasteiger partial charge in [-0.15, -0.1) is 0 Å². The molecule has 8 heteroatoms. The average Bonchev–Trinajstić information content (AvgIpc) is 2.88. The normalized spacial score (nSPS) is 25.5. The molecule has 0 bridgehead atoms. The molecule has 2 aliphatic rings. The summed E-state index contributed by atoms with van der Waals surface area (Å²) in [6.07, 6.45) is 0.560. The highest BCUT2D eigenvalue weighted by atomic mass is 32.2. The molecular formula is C15H19F3N2O2S. The largest absolute Gasteiger partial charge is 0.417 e. The van der Waals surface area contributed by atoms with Crippen LogP contribution >= 0.6 is 0 Å². The molecule has 23 heavy (non-hydrogen) atoms. The minimum Gasteiger partial charge on any atom is -0.368 e. The summed E-state index contributed by atoms with van der Waals surface area (Å²) in [5, 5.41) is 4.92. The lowest BCUT2D eigenvalue weighted by Crippen LogP contribution is -2.35. The topological polar surface area (TPSA) is 63.4 Å². The predicted molar refractivity (Wildman–Crippen MR) is 80.5 cm³/mol. The Kier molecular flexibility index (Phi) is 4.08. The molecule has 4 nitrogen and oxygen atoms in total. The van der Waals surface area contributed by atoms with Gasteiger partial charge in [-0.25, -0.2) is 13.6 Å². The molecule has 0 amide bonds. The number of sulfonamides is 1. The molecule has 2 fully saturated rings. The van der Waals surface area contributed by atoms with E-state index in [4.69, 9.17) is 5.14 Å². The summed E-state index contributed by atoms with van der Waals surface area (Å²) in [7, 11) is -4.42. The van der Waals surface area contributed by atoms with E-state index in [1.54, 1.807) is 0 Å². The van der Waals surface area contributed by atoms with Gasteiger partial charge < -0.3 is 4.90 Å². The summed E-state index contributed by atoms with van der Waals surface area (Å²) >= 11 is 0. The molecule has 0 aromatic heterocycles. The van der Waals surface area contributed by atoms with Crippen LogP contribution in [0, 0.1) is 5.92 Å². The van der Waals surface area contributed by atoms with E-state index in [2.05, 4.69) is 0 Å². The van der Waals surface area contributed by atoms with Crippen molar-refractivity contribution in [2.75, 3.05) is 11.4 Å². The van der Waals surface area contributed by atoms with Crippen LogP contribution in [0.15, 0.2) is 23.1 Å². The molecule has 2 atom stereocenters. The number of nitrogens with zero attached hydrogens (tertiary/aromatic N) is 1. The van der Waals surface area contributed by atoms with Crippen LogP contribution in [-0.4, -0.2) is 21.0 Å². The van der Waals surface area contributed by atoms with Crippen molar-refractivity contribution in [2.24, 2.45) is 11.1 Å². The van der Waals surface area contributed by atoms with Crippen LogP contribution in [0.2, 0.25) is 0 Å². The summed E-state index contributed by atoms with van der Waals surface area (Å²) in [6, 6.07) is 3.59. The van der Waals surface area contributed by atoms with Crippen molar-refractivity contribution in [3.05, 3.63) is 23.8 Å². The minimum absolute atomic E-state index is 0.255. The highest BCUT2D eigenvalue weighted by molar-refractivity contribution is 7.89. The number of primary sulfonamides is 1. The highest BCUT2D eigenvalue weighted by Crippen LogP contribution is 2.41. The molecule has 0 unspecified atom stereocenters. The molecule has 1 aromatic carbocycles. The van der Waals surface area contributed by atoms with E-state index in [1.165, 1.54) is 12.5 Å². The van der Waals surface area contributed by atoms with Crippen LogP contribution in [0.25, 0.3) is 0 Å². The Bertz CT molecular complexity index is 703. The third-order valence-electron chi connectivity index (χ3n) is 4.92. The number of hydrogen-bond acceptors (Lipinski definition) is 3. The maximum atomic E-state index is 13.2. The number of halogens is 3. The highest BCUT2D eigenvalue weighted by Gasteiger charge is 2.39. The standard InChI is InChI=1S/C15H19F3N2O2S/c16-15(17,18)12-9-11(5-6-14(12)23(19,21)22)20-8-7-10-3-1-2-4-13(10)20/h5-6,9-10,13H,1-4,7-8H2,(H2,19,21,22)/t10-,13+/m1/s1. The van der Waals surface area contributed by atoms with E-state index in [1.807, 2.05) is 4.90 Å². The molecule has 2 N–H and O–H groups in total. The first-order valence-corrected chi connectivity index (χ1v) is 9.23. The van der Waals surface area contributed by atoms with Crippen molar-refractivity contribution in [1.29, 1.82) is 0 Å². The minimum atomic E-state index is -4.76. The first-order chi connectivity index (χ1) is 10.7. The van der Waals surface area contributed by atoms with E-state index in [9.17, 15) is 21.6 Å². The Morgan fingerprint density at radius 3 is 2.48 bits per heavy atom. The van der Waals surface area contributed by atoms with E-state index in [0.717, 1.165) is 37.8 Å². The Morgan fingerprint density at radius 2 is 1.83 bits per heavy atom. The second kappa shape index (κ2) is 5.66. The zero-order valence-electron chi connectivity index (χ0n) is 12.5. The third-order valence-corrected chi connectivity index (χ3v) is 5.89. The molecule has 1 aliphatic heterocycles. The smallest absolute Gasteiger partial charge is 0.368 e. The van der Waals surface area contributed by atoms with Gasteiger partial charge in [-0.3, -0.25) is 0 Å². The van der Waals surface area contributed by atoms with E-state index < -0.39 is 26.7 Å². The zero-order chi connectivity index (χ0) is 16.8. The number of rotatable bonds is 2. The molecular weight excluding hydrogens is 329 g/mol. The molecule has 1 heterocycles. The van der Waals surface area contributed by atoms with Crippen molar-refractivity contribution < 1.29 is 21.6 Å². The van der Waals surface area contributed by atoms with Crippen LogP contribution in [0.5, 0.6) is 0 Å². The van der Waals surface area contributed by atoms with Gasteiger partial charge in [0, 0.05) is 18.3 Å². The number of fused-ring (bicyclic) bond motifs is 1. The lowest BCUT2D eigenvalue weighted by molar-refractivity contribution is -0.139. The van der Waals surface area contributed by atoms with Gasteiger partial charge in [-0.1, -0.05) is 12.8 Å². The zero-order valence-corrected chi connectivity index (χ0v) is 13.3. The Morgan fingerprint density at radius 1 is 1.13 bits per heavy atom. The van der Waals surface area contributed by atoms with E-state index in [-0.39, 0.29) is 6.04 Å². The molecule has 3 rings (SSSR count).